The van der Waals surface area contributed by atoms with Crippen LogP contribution in [0.15, 0.2) is 24.4 Å². The van der Waals surface area contributed by atoms with Crippen molar-refractivity contribution in [3.8, 4) is 0 Å². The van der Waals surface area contributed by atoms with Gasteiger partial charge in [0.25, 0.3) is 0 Å². The van der Waals surface area contributed by atoms with Gasteiger partial charge in [-0.15, -0.1) is 0 Å². The van der Waals surface area contributed by atoms with E-state index in [0.717, 1.165) is 30.5 Å². The Bertz CT molecular complexity index is 652. The van der Waals surface area contributed by atoms with E-state index in [-0.39, 0.29) is 17.1 Å². The first-order chi connectivity index (χ1) is 10.1. The van der Waals surface area contributed by atoms with E-state index in [0.29, 0.717) is 5.69 Å². The molecule has 1 unspecified atom stereocenters. The maximum atomic E-state index is 13.2. The molecule has 110 valence electrons. The van der Waals surface area contributed by atoms with E-state index in [1.165, 1.54) is 18.2 Å². The largest absolute Gasteiger partial charge is 0.335 e. The van der Waals surface area contributed by atoms with Crippen LogP contribution in [-0.2, 0) is 12.8 Å². The molecule has 3 rings (SSSR count). The number of carbonyl (C=O) groups excluding carboxylic acids is 1. The van der Waals surface area contributed by atoms with Crippen LogP contribution in [0.5, 0.6) is 0 Å². The van der Waals surface area contributed by atoms with E-state index >= 15 is 0 Å². The van der Waals surface area contributed by atoms with Gasteiger partial charge in [-0.2, -0.15) is 5.10 Å². The Morgan fingerprint density at radius 3 is 3.10 bits per heavy atom. The normalized spacial score (nSPS) is 17.1. The van der Waals surface area contributed by atoms with Crippen molar-refractivity contribution in [2.24, 2.45) is 0 Å². The summed E-state index contributed by atoms with van der Waals surface area (Å²) < 4.78 is 13.2. The van der Waals surface area contributed by atoms with Gasteiger partial charge in [0, 0.05) is 22.4 Å². The molecule has 0 bridgehead atoms. The molecule has 21 heavy (non-hydrogen) atoms. The second-order valence-electron chi connectivity index (χ2n) is 5.07. The third kappa shape index (κ3) is 3.33. The number of fused-ring (bicyclic) bond motifs is 1. The summed E-state index contributed by atoms with van der Waals surface area (Å²) in [5.74, 6) is -0.487. The predicted octanol–water partition coefficient (Wildman–Crippen LogP) is 2.88. The standard InChI is InChI=1S/C14H14ClFN4O/c15-9-4-10(16)6-12(5-9)19-14(21)18-11-1-2-13-8(3-11)7-17-20-13/h4-7,11H,1-3H2,(H,17,20)(H2,18,19,21). The number of nitrogens with one attached hydrogen (secondary N) is 3. The number of urea groups is 1. The first kappa shape index (κ1) is 13.9. The van der Waals surface area contributed by atoms with Crippen LogP contribution < -0.4 is 10.6 Å². The molecule has 1 heterocycles. The van der Waals surface area contributed by atoms with Gasteiger partial charge in [-0.3, -0.25) is 5.10 Å². The van der Waals surface area contributed by atoms with Gasteiger partial charge in [0.2, 0.25) is 0 Å². The number of nitrogens with zero attached hydrogens (tertiary/aromatic N) is 1. The Kier molecular flexibility index (Phi) is 3.79. The summed E-state index contributed by atoms with van der Waals surface area (Å²) in [6.07, 6.45) is 4.22. The summed E-state index contributed by atoms with van der Waals surface area (Å²) in [6, 6.07) is 3.58. The molecule has 0 radical (unpaired) electrons. The Balaban J connectivity index is 1.60. The third-order valence-electron chi connectivity index (χ3n) is 3.47. The van der Waals surface area contributed by atoms with Crippen molar-refractivity contribution in [3.05, 3.63) is 46.5 Å². The second-order valence-corrected chi connectivity index (χ2v) is 5.51. The zero-order chi connectivity index (χ0) is 14.8. The second kappa shape index (κ2) is 5.73. The summed E-state index contributed by atoms with van der Waals surface area (Å²) in [5.41, 5.74) is 2.59. The first-order valence-electron chi connectivity index (χ1n) is 6.65. The summed E-state index contributed by atoms with van der Waals surface area (Å²) in [4.78, 5) is 11.9. The lowest BCUT2D eigenvalue weighted by Crippen LogP contribution is -2.41. The highest BCUT2D eigenvalue weighted by Crippen LogP contribution is 2.20. The van der Waals surface area contributed by atoms with E-state index < -0.39 is 5.82 Å². The molecule has 0 aliphatic heterocycles. The highest BCUT2D eigenvalue weighted by molar-refractivity contribution is 6.30. The maximum Gasteiger partial charge on any atom is 0.319 e. The van der Waals surface area contributed by atoms with Crippen molar-refractivity contribution in [2.75, 3.05) is 5.32 Å². The molecule has 1 aromatic carbocycles. The SMILES string of the molecule is O=C(Nc1cc(F)cc(Cl)c1)NC1CCc2[nH]ncc2C1. The average Bonchev–Trinajstić information content (AvgIpc) is 2.84. The minimum Gasteiger partial charge on any atom is -0.335 e. The summed E-state index contributed by atoms with van der Waals surface area (Å²) in [5, 5.41) is 12.7. The van der Waals surface area contributed by atoms with Crippen LogP contribution in [0.3, 0.4) is 0 Å². The van der Waals surface area contributed by atoms with E-state index in [4.69, 9.17) is 11.6 Å². The topological polar surface area (TPSA) is 69.8 Å². The van der Waals surface area contributed by atoms with Gasteiger partial charge in [-0.05, 0) is 43.0 Å². The van der Waals surface area contributed by atoms with Crippen LogP contribution >= 0.6 is 11.6 Å². The van der Waals surface area contributed by atoms with Crippen LogP contribution in [0.25, 0.3) is 0 Å². The minimum atomic E-state index is -0.487. The van der Waals surface area contributed by atoms with Crippen molar-refractivity contribution < 1.29 is 9.18 Å². The van der Waals surface area contributed by atoms with Crippen LogP contribution in [0, 0.1) is 5.82 Å². The molecule has 3 N–H and O–H groups in total. The molecule has 0 fully saturated rings. The molecule has 2 aromatic rings. The van der Waals surface area contributed by atoms with Crippen molar-refractivity contribution in [2.45, 2.75) is 25.3 Å². The highest BCUT2D eigenvalue weighted by atomic mass is 35.5. The number of carbonyl (C=O) groups is 1. The number of aryl methyl sites for hydroxylation is 1. The molecule has 0 saturated heterocycles. The zero-order valence-electron chi connectivity index (χ0n) is 11.1. The molecule has 1 atom stereocenters. The van der Waals surface area contributed by atoms with Gasteiger partial charge >= 0.3 is 6.03 Å². The van der Waals surface area contributed by atoms with Crippen molar-refractivity contribution >= 4 is 23.3 Å². The fourth-order valence-electron chi connectivity index (χ4n) is 2.52. The molecule has 1 aromatic heterocycles. The lowest BCUT2D eigenvalue weighted by atomic mass is 9.94. The van der Waals surface area contributed by atoms with Crippen molar-refractivity contribution in [3.63, 3.8) is 0 Å². The Morgan fingerprint density at radius 2 is 2.29 bits per heavy atom. The number of benzene rings is 1. The fourth-order valence-corrected chi connectivity index (χ4v) is 2.74. The van der Waals surface area contributed by atoms with Gasteiger partial charge in [0.1, 0.15) is 5.82 Å². The molecular formula is C14H14ClFN4O. The van der Waals surface area contributed by atoms with Gasteiger partial charge < -0.3 is 10.6 Å². The zero-order valence-corrected chi connectivity index (χ0v) is 11.9. The number of H-pyrrole nitrogens is 1. The lowest BCUT2D eigenvalue weighted by molar-refractivity contribution is 0.247. The van der Waals surface area contributed by atoms with E-state index in [1.807, 2.05) is 0 Å². The fraction of sp³-hybridized carbons (Fsp3) is 0.286. The van der Waals surface area contributed by atoms with Crippen LogP contribution in [0.4, 0.5) is 14.9 Å². The molecule has 1 aliphatic rings. The van der Waals surface area contributed by atoms with Crippen LogP contribution in [0.1, 0.15) is 17.7 Å². The smallest absolute Gasteiger partial charge is 0.319 e. The quantitative estimate of drug-likeness (QED) is 0.798. The number of hydrogen-bond donors (Lipinski definition) is 3. The number of amides is 2. The number of anilines is 1. The highest BCUT2D eigenvalue weighted by Gasteiger charge is 2.21. The lowest BCUT2D eigenvalue weighted by Gasteiger charge is -2.23. The predicted molar refractivity (Wildman–Crippen MR) is 78.0 cm³/mol. The van der Waals surface area contributed by atoms with Crippen molar-refractivity contribution in [1.82, 2.24) is 15.5 Å². The molecule has 7 heteroatoms. The van der Waals surface area contributed by atoms with E-state index in [9.17, 15) is 9.18 Å². The number of hydrogen-bond acceptors (Lipinski definition) is 2. The van der Waals surface area contributed by atoms with Gasteiger partial charge in [-0.25, -0.2) is 9.18 Å². The van der Waals surface area contributed by atoms with E-state index in [2.05, 4.69) is 20.8 Å². The Morgan fingerprint density at radius 1 is 1.43 bits per heavy atom. The minimum absolute atomic E-state index is 0.0409. The number of aromatic amines is 1. The summed E-state index contributed by atoms with van der Waals surface area (Å²) in [7, 11) is 0. The molecule has 2 amide bonds. The summed E-state index contributed by atoms with van der Waals surface area (Å²) in [6.45, 7) is 0. The number of rotatable bonds is 2. The number of halogens is 2. The monoisotopic (exact) mass is 308 g/mol. The van der Waals surface area contributed by atoms with Gasteiger partial charge in [0.05, 0.1) is 6.20 Å². The van der Waals surface area contributed by atoms with Gasteiger partial charge in [0.15, 0.2) is 0 Å². The third-order valence-corrected chi connectivity index (χ3v) is 3.69. The van der Waals surface area contributed by atoms with Gasteiger partial charge in [-0.1, -0.05) is 11.6 Å². The molecule has 0 saturated carbocycles. The maximum absolute atomic E-state index is 13.2. The Labute approximate surface area is 125 Å². The first-order valence-corrected chi connectivity index (χ1v) is 7.02. The van der Waals surface area contributed by atoms with E-state index in [1.54, 1.807) is 6.20 Å². The molecular weight excluding hydrogens is 295 g/mol. The average molecular weight is 309 g/mol. The molecule has 0 spiro atoms. The molecule has 1 aliphatic carbocycles. The van der Waals surface area contributed by atoms with Crippen molar-refractivity contribution in [1.29, 1.82) is 0 Å². The summed E-state index contributed by atoms with van der Waals surface area (Å²) >= 11 is 5.75. The number of aromatic nitrogens is 2. The van der Waals surface area contributed by atoms with Crippen LogP contribution in [0.2, 0.25) is 5.02 Å². The Hall–Kier alpha value is -2.08. The van der Waals surface area contributed by atoms with Crippen LogP contribution in [-0.4, -0.2) is 22.3 Å². The molecule has 5 nitrogen and oxygen atoms in total.